The molecule has 0 atom stereocenters. The fourth-order valence-corrected chi connectivity index (χ4v) is 8.88. The molecule has 0 radical (unpaired) electrons. The van der Waals surface area contributed by atoms with Crippen LogP contribution in [0.3, 0.4) is 0 Å². The molecule has 0 aliphatic carbocycles. The summed E-state index contributed by atoms with van der Waals surface area (Å²) in [6.45, 7) is 0. The number of aromatic nitrogens is 4. The molecular weight excluding hydrogens is 785 g/mol. The first-order valence-corrected chi connectivity index (χ1v) is 20.5. The Morgan fingerprint density at radius 3 is 1.38 bits per heavy atom. The van der Waals surface area contributed by atoms with Gasteiger partial charge in [-0.15, -0.1) is 0 Å². The molecule has 0 fully saturated rings. The summed E-state index contributed by atoms with van der Waals surface area (Å²) in [4.78, 5) is 9.75. The van der Waals surface area contributed by atoms with Gasteiger partial charge in [-0.25, -0.2) is 9.97 Å². The Morgan fingerprint density at radius 2 is 0.797 bits per heavy atom. The number of nitriles is 4. The van der Waals surface area contributed by atoms with E-state index in [0.29, 0.717) is 56.2 Å². The summed E-state index contributed by atoms with van der Waals surface area (Å²) in [5, 5.41) is 44.7. The topological polar surface area (TPSA) is 131 Å². The third-order valence-electron chi connectivity index (χ3n) is 11.9. The predicted octanol–water partition coefficient (Wildman–Crippen LogP) is 12.8. The minimum absolute atomic E-state index is 0.342. The lowest BCUT2D eigenvalue weighted by molar-refractivity contribution is 1.16. The smallest absolute Gasteiger partial charge is 0.160 e. The second-order valence-electron chi connectivity index (χ2n) is 15.5. The van der Waals surface area contributed by atoms with E-state index in [1.807, 2.05) is 24.3 Å². The number of hydrogen-bond donors (Lipinski definition) is 0. The van der Waals surface area contributed by atoms with Gasteiger partial charge >= 0.3 is 0 Å². The van der Waals surface area contributed by atoms with Crippen LogP contribution in [0.4, 0.5) is 0 Å². The van der Waals surface area contributed by atoms with Gasteiger partial charge in [-0.05, 0) is 109 Å². The van der Waals surface area contributed by atoms with Gasteiger partial charge in [-0.3, -0.25) is 0 Å². The van der Waals surface area contributed by atoms with Crippen molar-refractivity contribution in [3.8, 4) is 80.7 Å². The average molecular weight is 815 g/mol. The van der Waals surface area contributed by atoms with Crippen molar-refractivity contribution in [2.24, 2.45) is 0 Å². The first kappa shape index (κ1) is 37.4. The Balaban J connectivity index is 1.00. The van der Waals surface area contributed by atoms with E-state index in [4.69, 9.17) is 9.97 Å². The normalized spacial score (nSPS) is 11.1. The number of fused-ring (bicyclic) bond motifs is 6. The second kappa shape index (κ2) is 15.1. The molecule has 0 unspecified atom stereocenters. The van der Waals surface area contributed by atoms with Crippen LogP contribution in [0.25, 0.3) is 100 Å². The average Bonchev–Trinajstić information content (AvgIpc) is 3.88. The van der Waals surface area contributed by atoms with Crippen molar-refractivity contribution in [2.75, 3.05) is 0 Å². The standard InChI is InChI=1S/C56H30N8/c57-31-35-13-17-38(18-14-35)50-30-51(62-56(61-50)39-19-15-36(32-58)16-20-39)48-28-40(33-59)47(27-41(48)34-60)37-21-23-42(24-22-37)63-54-12-6-3-9-46(54)49-29-43(25-26-55(49)63)64-52-10-4-1-7-44(52)45-8-2-5-11-53(45)64/h1-30H. The molecule has 11 aromatic rings. The molecule has 3 aromatic heterocycles. The molecule has 0 spiro atoms. The fourth-order valence-electron chi connectivity index (χ4n) is 8.88. The van der Waals surface area contributed by atoms with Gasteiger partial charge in [0.1, 0.15) is 0 Å². The van der Waals surface area contributed by atoms with E-state index in [1.54, 1.807) is 54.6 Å². The lowest BCUT2D eigenvalue weighted by atomic mass is 9.92. The van der Waals surface area contributed by atoms with Crippen molar-refractivity contribution in [3.63, 3.8) is 0 Å². The monoisotopic (exact) mass is 814 g/mol. The first-order valence-electron chi connectivity index (χ1n) is 20.5. The second-order valence-corrected chi connectivity index (χ2v) is 15.5. The zero-order chi connectivity index (χ0) is 43.3. The number of benzene rings is 8. The highest BCUT2D eigenvalue weighted by Crippen LogP contribution is 2.39. The van der Waals surface area contributed by atoms with Crippen molar-refractivity contribution < 1.29 is 0 Å². The van der Waals surface area contributed by atoms with Crippen LogP contribution >= 0.6 is 0 Å². The van der Waals surface area contributed by atoms with Crippen molar-refractivity contribution in [3.05, 3.63) is 204 Å². The van der Waals surface area contributed by atoms with Crippen molar-refractivity contribution in [2.45, 2.75) is 0 Å². The highest BCUT2D eigenvalue weighted by molar-refractivity contribution is 6.12. The quantitative estimate of drug-likeness (QED) is 0.164. The molecule has 11 rings (SSSR count). The number of para-hydroxylation sites is 3. The highest BCUT2D eigenvalue weighted by atomic mass is 15.0. The number of rotatable bonds is 6. The van der Waals surface area contributed by atoms with Crippen LogP contribution in [-0.4, -0.2) is 19.1 Å². The van der Waals surface area contributed by atoms with E-state index in [9.17, 15) is 21.0 Å². The van der Waals surface area contributed by atoms with Gasteiger partial charge < -0.3 is 9.13 Å². The van der Waals surface area contributed by atoms with E-state index in [0.717, 1.165) is 55.3 Å². The summed E-state index contributed by atoms with van der Waals surface area (Å²) in [5.74, 6) is 0.386. The van der Waals surface area contributed by atoms with Gasteiger partial charge in [0.05, 0.1) is 80.0 Å². The zero-order valence-corrected chi connectivity index (χ0v) is 33.9. The molecule has 64 heavy (non-hydrogen) atoms. The predicted molar refractivity (Wildman–Crippen MR) is 251 cm³/mol. The summed E-state index contributed by atoms with van der Waals surface area (Å²) >= 11 is 0. The summed E-state index contributed by atoms with van der Waals surface area (Å²) in [7, 11) is 0. The maximum atomic E-state index is 10.6. The zero-order valence-electron chi connectivity index (χ0n) is 33.9. The molecule has 8 nitrogen and oxygen atoms in total. The maximum Gasteiger partial charge on any atom is 0.160 e. The van der Waals surface area contributed by atoms with E-state index >= 15 is 0 Å². The molecule has 0 saturated heterocycles. The van der Waals surface area contributed by atoms with Gasteiger partial charge in [0.2, 0.25) is 0 Å². The molecular formula is C56H30N8. The van der Waals surface area contributed by atoms with Gasteiger partial charge in [0.15, 0.2) is 5.82 Å². The van der Waals surface area contributed by atoms with Crippen molar-refractivity contribution in [1.29, 1.82) is 21.0 Å². The third-order valence-corrected chi connectivity index (χ3v) is 11.9. The van der Waals surface area contributed by atoms with Gasteiger partial charge in [0.25, 0.3) is 0 Å². The molecule has 0 aliphatic heterocycles. The minimum atomic E-state index is 0.342. The molecule has 8 heteroatoms. The van der Waals surface area contributed by atoms with Crippen LogP contribution in [0.15, 0.2) is 182 Å². The first-order chi connectivity index (χ1) is 31.5. The van der Waals surface area contributed by atoms with Crippen LogP contribution in [0.5, 0.6) is 0 Å². The maximum absolute atomic E-state index is 10.6. The summed E-state index contributed by atoms with van der Waals surface area (Å²) in [6, 6.07) is 68.6. The Labute approximate surface area is 367 Å². The van der Waals surface area contributed by atoms with E-state index in [1.165, 1.54) is 10.8 Å². The Bertz CT molecular complexity index is 3740. The molecule has 0 aliphatic rings. The lowest BCUT2D eigenvalue weighted by Gasteiger charge is -2.14. The van der Waals surface area contributed by atoms with Crippen molar-refractivity contribution >= 4 is 43.6 Å². The van der Waals surface area contributed by atoms with Crippen LogP contribution in [0.2, 0.25) is 0 Å². The third kappa shape index (κ3) is 6.12. The molecule has 294 valence electrons. The van der Waals surface area contributed by atoms with E-state index in [2.05, 4.69) is 137 Å². The van der Waals surface area contributed by atoms with Crippen molar-refractivity contribution in [1.82, 2.24) is 19.1 Å². The molecule has 0 amide bonds. The molecule has 3 heterocycles. The summed E-state index contributed by atoms with van der Waals surface area (Å²) in [5.41, 5.74) is 12.6. The number of hydrogen-bond acceptors (Lipinski definition) is 6. The lowest BCUT2D eigenvalue weighted by Crippen LogP contribution is -1.99. The Morgan fingerprint density at radius 1 is 0.344 bits per heavy atom. The van der Waals surface area contributed by atoms with Gasteiger partial charge in [-0.2, -0.15) is 21.0 Å². The summed E-state index contributed by atoms with van der Waals surface area (Å²) in [6.07, 6.45) is 0. The van der Waals surface area contributed by atoms with Gasteiger partial charge in [0, 0.05) is 55.2 Å². The van der Waals surface area contributed by atoms with Crippen LogP contribution in [0.1, 0.15) is 22.3 Å². The van der Waals surface area contributed by atoms with Gasteiger partial charge in [-0.1, -0.05) is 78.9 Å². The molecule has 0 N–H and O–H groups in total. The Hall–Kier alpha value is -9.60. The van der Waals surface area contributed by atoms with Crippen LogP contribution < -0.4 is 0 Å². The fraction of sp³-hybridized carbons (Fsp3) is 0. The molecule has 0 saturated carbocycles. The highest BCUT2D eigenvalue weighted by Gasteiger charge is 2.20. The van der Waals surface area contributed by atoms with E-state index in [-0.39, 0.29) is 0 Å². The van der Waals surface area contributed by atoms with Crippen LogP contribution in [-0.2, 0) is 0 Å². The largest absolute Gasteiger partial charge is 0.309 e. The van der Waals surface area contributed by atoms with Crippen LogP contribution in [0, 0.1) is 45.3 Å². The SMILES string of the molecule is N#Cc1ccc(-c2cc(-c3cc(C#N)c(-c4ccc(-n5c6ccccc6c6cc(-n7c8ccccc8c8ccccc87)ccc65)cc4)cc3C#N)nc(-c3ccc(C#N)cc3)n2)cc1. The summed E-state index contributed by atoms with van der Waals surface area (Å²) < 4.78 is 4.61. The molecule has 8 aromatic carbocycles. The minimum Gasteiger partial charge on any atom is -0.309 e. The Kier molecular flexibility index (Phi) is 8.85. The number of nitrogens with zero attached hydrogens (tertiary/aromatic N) is 8. The van der Waals surface area contributed by atoms with E-state index < -0.39 is 0 Å². The molecule has 0 bridgehead atoms.